The number of nitrogens with zero attached hydrogens (tertiary/aromatic N) is 3. The van der Waals surface area contributed by atoms with Crippen molar-refractivity contribution in [2.75, 3.05) is 27.4 Å². The molecule has 156 valence electrons. The lowest BCUT2D eigenvalue weighted by atomic mass is 10.0. The number of imide groups is 1. The van der Waals surface area contributed by atoms with E-state index in [0.29, 0.717) is 18.0 Å². The van der Waals surface area contributed by atoms with Gasteiger partial charge in [0.1, 0.15) is 11.5 Å². The van der Waals surface area contributed by atoms with E-state index in [-0.39, 0.29) is 29.5 Å². The number of benzene rings is 2. The van der Waals surface area contributed by atoms with Crippen LogP contribution >= 0.6 is 0 Å². The van der Waals surface area contributed by atoms with Crippen LogP contribution in [0.2, 0.25) is 0 Å². The predicted octanol–water partition coefficient (Wildman–Crippen LogP) is 3.00. The number of non-ortho nitro benzene ring substituents is 1. The number of likely N-dealkylation sites (tertiary alicyclic amines) is 1. The van der Waals surface area contributed by atoms with Crippen molar-refractivity contribution in [3.8, 4) is 11.5 Å². The van der Waals surface area contributed by atoms with Gasteiger partial charge in [-0.1, -0.05) is 6.07 Å². The zero-order valence-electron chi connectivity index (χ0n) is 16.7. The van der Waals surface area contributed by atoms with Gasteiger partial charge < -0.3 is 9.47 Å². The number of methoxy groups -OCH3 is 2. The monoisotopic (exact) mass is 411 g/mol. The zero-order chi connectivity index (χ0) is 21.4. The Kier molecular flexibility index (Phi) is 5.13. The van der Waals surface area contributed by atoms with Crippen molar-refractivity contribution in [3.05, 3.63) is 63.2 Å². The summed E-state index contributed by atoms with van der Waals surface area (Å²) in [5, 5.41) is 11.0. The van der Waals surface area contributed by atoms with E-state index < -0.39 is 16.7 Å². The van der Waals surface area contributed by atoms with Crippen molar-refractivity contribution in [1.82, 2.24) is 9.80 Å². The van der Waals surface area contributed by atoms with Crippen molar-refractivity contribution in [2.24, 2.45) is 0 Å². The first kappa shape index (κ1) is 19.8. The Balaban J connectivity index is 1.59. The molecule has 2 amide bonds. The number of nitro benzene ring substituents is 1. The van der Waals surface area contributed by atoms with Crippen molar-refractivity contribution >= 4 is 17.5 Å². The third-order valence-corrected chi connectivity index (χ3v) is 5.65. The highest BCUT2D eigenvalue weighted by Gasteiger charge is 2.40. The molecule has 2 aliphatic rings. The number of fused-ring (bicyclic) bond motifs is 1. The van der Waals surface area contributed by atoms with Gasteiger partial charge in [0.15, 0.2) is 0 Å². The van der Waals surface area contributed by atoms with Crippen LogP contribution in [0.25, 0.3) is 0 Å². The number of carbonyl (C=O) groups excluding carboxylic acids is 2. The summed E-state index contributed by atoms with van der Waals surface area (Å²) in [5.74, 6) is 0.426. The third kappa shape index (κ3) is 3.26. The van der Waals surface area contributed by atoms with Crippen LogP contribution in [-0.2, 0) is 0 Å². The highest BCUT2D eigenvalue weighted by Crippen LogP contribution is 2.39. The first-order valence-electron chi connectivity index (χ1n) is 9.55. The van der Waals surface area contributed by atoms with Crippen molar-refractivity contribution in [3.63, 3.8) is 0 Å². The summed E-state index contributed by atoms with van der Waals surface area (Å²) in [6.45, 7) is 0.827. The second-order valence-corrected chi connectivity index (χ2v) is 7.25. The van der Waals surface area contributed by atoms with Gasteiger partial charge in [-0.05, 0) is 25.0 Å². The van der Waals surface area contributed by atoms with Gasteiger partial charge >= 0.3 is 0 Å². The Hall–Kier alpha value is -3.46. The molecule has 0 aliphatic carbocycles. The lowest BCUT2D eigenvalue weighted by Crippen LogP contribution is -2.41. The third-order valence-electron chi connectivity index (χ3n) is 5.65. The van der Waals surface area contributed by atoms with Gasteiger partial charge in [-0.25, -0.2) is 0 Å². The zero-order valence-corrected chi connectivity index (χ0v) is 16.7. The molecule has 30 heavy (non-hydrogen) atoms. The number of rotatable bonds is 6. The van der Waals surface area contributed by atoms with Gasteiger partial charge in [-0.3, -0.25) is 29.5 Å². The topological polar surface area (TPSA) is 102 Å². The standard InChI is InChI=1S/C21H21N3O6/c1-29-14-6-8-16(19(11-14)30-2)18-4-3-9-22(18)12-23-20(25)15-7-5-13(24(27)28)10-17(15)21(23)26/h5-8,10-11,18H,3-4,9,12H2,1-2H3/t18-/m0/s1. The second-order valence-electron chi connectivity index (χ2n) is 7.25. The molecule has 9 heteroatoms. The number of ether oxygens (including phenoxy) is 2. The molecule has 1 atom stereocenters. The summed E-state index contributed by atoms with van der Waals surface area (Å²) in [4.78, 5) is 39.3. The molecule has 0 aromatic heterocycles. The smallest absolute Gasteiger partial charge is 0.270 e. The van der Waals surface area contributed by atoms with E-state index in [9.17, 15) is 19.7 Å². The van der Waals surface area contributed by atoms with Crippen LogP contribution in [0.15, 0.2) is 36.4 Å². The Labute approximate surface area is 172 Å². The van der Waals surface area contributed by atoms with Crippen LogP contribution in [0.1, 0.15) is 45.2 Å². The van der Waals surface area contributed by atoms with E-state index >= 15 is 0 Å². The Morgan fingerprint density at radius 2 is 1.83 bits per heavy atom. The maximum Gasteiger partial charge on any atom is 0.270 e. The van der Waals surface area contributed by atoms with Crippen LogP contribution < -0.4 is 9.47 Å². The number of nitro groups is 1. The highest BCUT2D eigenvalue weighted by atomic mass is 16.6. The fourth-order valence-corrected chi connectivity index (χ4v) is 4.14. The molecule has 2 aromatic carbocycles. The van der Waals surface area contributed by atoms with E-state index in [1.54, 1.807) is 14.2 Å². The Morgan fingerprint density at radius 1 is 1.07 bits per heavy atom. The van der Waals surface area contributed by atoms with Crippen LogP contribution in [0, 0.1) is 10.1 Å². The molecule has 0 unspecified atom stereocenters. The molecule has 9 nitrogen and oxygen atoms in total. The number of carbonyl (C=O) groups is 2. The summed E-state index contributed by atoms with van der Waals surface area (Å²) in [7, 11) is 3.18. The van der Waals surface area contributed by atoms with Crippen LogP contribution in [0.4, 0.5) is 5.69 Å². The van der Waals surface area contributed by atoms with Gasteiger partial charge in [0.2, 0.25) is 0 Å². The maximum absolute atomic E-state index is 12.8. The van der Waals surface area contributed by atoms with Gasteiger partial charge in [0.25, 0.3) is 17.5 Å². The molecule has 2 aromatic rings. The largest absolute Gasteiger partial charge is 0.497 e. The molecule has 4 rings (SSSR count). The highest BCUT2D eigenvalue weighted by molar-refractivity contribution is 6.21. The minimum Gasteiger partial charge on any atom is -0.497 e. The van der Waals surface area contributed by atoms with Crippen molar-refractivity contribution in [2.45, 2.75) is 18.9 Å². The van der Waals surface area contributed by atoms with Gasteiger partial charge in [0.05, 0.1) is 36.9 Å². The van der Waals surface area contributed by atoms with E-state index in [2.05, 4.69) is 4.90 Å². The minimum absolute atomic E-state index is 0.0236. The van der Waals surface area contributed by atoms with Crippen molar-refractivity contribution < 1.29 is 24.0 Å². The minimum atomic E-state index is -0.576. The van der Waals surface area contributed by atoms with E-state index in [0.717, 1.165) is 23.3 Å². The quantitative estimate of drug-likeness (QED) is 0.409. The van der Waals surface area contributed by atoms with Gasteiger partial charge in [0, 0.05) is 36.3 Å². The predicted molar refractivity (Wildman–Crippen MR) is 107 cm³/mol. The lowest BCUT2D eigenvalue weighted by molar-refractivity contribution is -0.384. The number of amides is 2. The lowest BCUT2D eigenvalue weighted by Gasteiger charge is -2.29. The van der Waals surface area contributed by atoms with Crippen LogP contribution in [0.3, 0.4) is 0 Å². The molecule has 0 saturated carbocycles. The Morgan fingerprint density at radius 3 is 2.53 bits per heavy atom. The molecular weight excluding hydrogens is 390 g/mol. The second kappa shape index (κ2) is 7.75. The number of hydrogen-bond acceptors (Lipinski definition) is 7. The van der Waals surface area contributed by atoms with Crippen molar-refractivity contribution in [1.29, 1.82) is 0 Å². The average molecular weight is 411 g/mol. The molecule has 2 aliphatic heterocycles. The molecule has 0 bridgehead atoms. The molecule has 1 saturated heterocycles. The van der Waals surface area contributed by atoms with Gasteiger partial charge in [-0.2, -0.15) is 0 Å². The van der Waals surface area contributed by atoms with E-state index in [1.165, 1.54) is 18.2 Å². The molecule has 0 N–H and O–H groups in total. The molecule has 2 heterocycles. The molecule has 1 fully saturated rings. The molecular formula is C21H21N3O6. The maximum atomic E-state index is 12.8. The number of hydrogen-bond donors (Lipinski definition) is 0. The summed E-state index contributed by atoms with van der Waals surface area (Å²) in [5.41, 5.74) is 1.03. The fourth-order valence-electron chi connectivity index (χ4n) is 4.14. The van der Waals surface area contributed by atoms with E-state index in [4.69, 9.17) is 9.47 Å². The average Bonchev–Trinajstić information content (AvgIpc) is 3.31. The van der Waals surface area contributed by atoms with E-state index in [1.807, 2.05) is 18.2 Å². The summed E-state index contributed by atoms with van der Waals surface area (Å²) in [6, 6.07) is 9.35. The fraction of sp³-hybridized carbons (Fsp3) is 0.333. The first-order chi connectivity index (χ1) is 14.4. The summed E-state index contributed by atoms with van der Waals surface area (Å²) < 4.78 is 10.8. The Bertz CT molecular complexity index is 1040. The van der Waals surface area contributed by atoms with Gasteiger partial charge in [-0.15, -0.1) is 0 Å². The normalized spacial score (nSPS) is 18.6. The molecule has 0 radical (unpaired) electrons. The summed E-state index contributed by atoms with van der Waals surface area (Å²) in [6.07, 6.45) is 1.77. The first-order valence-corrected chi connectivity index (χ1v) is 9.55. The summed E-state index contributed by atoms with van der Waals surface area (Å²) >= 11 is 0. The van der Waals surface area contributed by atoms with Crippen LogP contribution in [0.5, 0.6) is 11.5 Å². The van der Waals surface area contributed by atoms with Crippen LogP contribution in [-0.4, -0.2) is 54.0 Å². The SMILES string of the molecule is COc1ccc([C@@H]2CCCN2CN2C(=O)c3ccc([N+](=O)[O-])cc3C2=O)c(OC)c1. The molecule has 0 spiro atoms.